The number of allylic oxidation sites excluding steroid dienone is 2. The highest BCUT2D eigenvalue weighted by Crippen LogP contribution is 2.34. The van der Waals surface area contributed by atoms with Crippen molar-refractivity contribution < 1.29 is 0 Å². The Balaban J connectivity index is 2.12. The monoisotopic (exact) mass is 259 g/mol. The number of hydrogen-bond donors (Lipinski definition) is 2. The second-order valence-corrected chi connectivity index (χ2v) is 5.82. The van der Waals surface area contributed by atoms with E-state index in [0.717, 1.165) is 5.52 Å². The molecular formula is C14H17N3S. The number of benzene rings is 1. The third kappa shape index (κ3) is 2.07. The number of aromatic nitrogens is 1. The summed E-state index contributed by atoms with van der Waals surface area (Å²) in [5.74, 6) is 5.44. The first kappa shape index (κ1) is 11.8. The maximum atomic E-state index is 5.44. The van der Waals surface area contributed by atoms with E-state index in [1.165, 1.54) is 45.7 Å². The van der Waals surface area contributed by atoms with Gasteiger partial charge in [-0.05, 0) is 49.0 Å². The number of nitrogens with one attached hydrogen (secondary N) is 1. The smallest absolute Gasteiger partial charge is 0.120 e. The van der Waals surface area contributed by atoms with Crippen molar-refractivity contribution in [2.45, 2.75) is 32.7 Å². The van der Waals surface area contributed by atoms with Crippen LogP contribution < -0.4 is 11.3 Å². The normalized spacial score (nSPS) is 15.3. The number of nitrogens with zero attached hydrogens (tertiary/aromatic N) is 1. The molecule has 0 amide bonds. The van der Waals surface area contributed by atoms with Gasteiger partial charge >= 0.3 is 0 Å². The van der Waals surface area contributed by atoms with Gasteiger partial charge in [-0.3, -0.25) is 11.3 Å². The standard InChI is InChI=1S/C14H17N3S/c1-9-6-11(8-16-15)13-12(7-9)18-14(17-13)10-4-2-3-5-10/h4,6-7,16H,2-3,5,8,15H2,1H3. The lowest BCUT2D eigenvalue weighted by molar-refractivity contribution is 0.744. The highest BCUT2D eigenvalue weighted by molar-refractivity contribution is 7.19. The van der Waals surface area contributed by atoms with E-state index < -0.39 is 0 Å². The fourth-order valence-corrected chi connectivity index (χ4v) is 3.68. The minimum absolute atomic E-state index is 0.667. The van der Waals surface area contributed by atoms with E-state index >= 15 is 0 Å². The van der Waals surface area contributed by atoms with E-state index in [2.05, 4.69) is 30.6 Å². The number of rotatable bonds is 3. The van der Waals surface area contributed by atoms with Crippen molar-refractivity contribution in [3.05, 3.63) is 34.3 Å². The lowest BCUT2D eigenvalue weighted by Gasteiger charge is -2.02. The van der Waals surface area contributed by atoms with Crippen LogP contribution in [-0.2, 0) is 6.54 Å². The Labute approximate surface area is 111 Å². The molecule has 3 nitrogen and oxygen atoms in total. The van der Waals surface area contributed by atoms with Crippen molar-refractivity contribution in [3.8, 4) is 0 Å². The van der Waals surface area contributed by atoms with Gasteiger partial charge in [-0.15, -0.1) is 11.3 Å². The average Bonchev–Trinajstić information content (AvgIpc) is 2.96. The maximum Gasteiger partial charge on any atom is 0.120 e. The summed E-state index contributed by atoms with van der Waals surface area (Å²) in [7, 11) is 0. The van der Waals surface area contributed by atoms with Crippen LogP contribution in [-0.4, -0.2) is 4.98 Å². The molecule has 0 unspecified atom stereocenters. The zero-order valence-corrected chi connectivity index (χ0v) is 11.3. The first-order valence-electron chi connectivity index (χ1n) is 6.31. The van der Waals surface area contributed by atoms with E-state index in [1.54, 1.807) is 11.3 Å². The molecule has 2 aromatic rings. The number of aryl methyl sites for hydroxylation is 1. The summed E-state index contributed by atoms with van der Waals surface area (Å²) in [6, 6.07) is 4.38. The Kier molecular flexibility index (Phi) is 3.16. The minimum atomic E-state index is 0.667. The molecule has 0 saturated heterocycles. The Morgan fingerprint density at radius 1 is 1.44 bits per heavy atom. The fraction of sp³-hybridized carbons (Fsp3) is 0.357. The molecular weight excluding hydrogens is 242 g/mol. The van der Waals surface area contributed by atoms with Gasteiger partial charge in [0.25, 0.3) is 0 Å². The van der Waals surface area contributed by atoms with Gasteiger partial charge in [-0.25, -0.2) is 4.98 Å². The molecule has 0 aliphatic heterocycles. The molecule has 3 rings (SSSR count). The van der Waals surface area contributed by atoms with Crippen molar-refractivity contribution >= 4 is 27.1 Å². The number of nitrogens with two attached hydrogens (primary N) is 1. The summed E-state index contributed by atoms with van der Waals surface area (Å²) in [4.78, 5) is 4.81. The second-order valence-electron chi connectivity index (χ2n) is 4.79. The summed E-state index contributed by atoms with van der Waals surface area (Å²) in [6.07, 6.45) is 5.96. The quantitative estimate of drug-likeness (QED) is 0.657. The van der Waals surface area contributed by atoms with Gasteiger partial charge in [0.2, 0.25) is 0 Å². The minimum Gasteiger partial charge on any atom is -0.271 e. The average molecular weight is 259 g/mol. The lowest BCUT2D eigenvalue weighted by Crippen LogP contribution is -2.21. The van der Waals surface area contributed by atoms with Crippen LogP contribution in [0.1, 0.15) is 35.4 Å². The van der Waals surface area contributed by atoms with Gasteiger partial charge in [-0.1, -0.05) is 12.1 Å². The van der Waals surface area contributed by atoms with Crippen LogP contribution in [0.25, 0.3) is 15.8 Å². The third-order valence-corrected chi connectivity index (χ3v) is 4.40. The van der Waals surface area contributed by atoms with E-state index in [9.17, 15) is 0 Å². The molecule has 94 valence electrons. The zero-order chi connectivity index (χ0) is 12.5. The van der Waals surface area contributed by atoms with Crippen molar-refractivity contribution in [2.75, 3.05) is 0 Å². The predicted molar refractivity (Wildman–Crippen MR) is 77.2 cm³/mol. The van der Waals surface area contributed by atoms with Gasteiger partial charge in [0.15, 0.2) is 0 Å². The molecule has 1 aliphatic rings. The predicted octanol–water partition coefficient (Wildman–Crippen LogP) is 3.14. The largest absolute Gasteiger partial charge is 0.271 e. The Bertz CT molecular complexity index is 613. The Morgan fingerprint density at radius 2 is 2.33 bits per heavy atom. The Hall–Kier alpha value is -1.23. The molecule has 1 aromatic heterocycles. The summed E-state index contributed by atoms with van der Waals surface area (Å²) >= 11 is 1.80. The van der Waals surface area contributed by atoms with Crippen LogP contribution >= 0.6 is 11.3 Å². The van der Waals surface area contributed by atoms with E-state index in [0.29, 0.717) is 6.54 Å². The molecule has 1 aliphatic carbocycles. The number of thiazole rings is 1. The summed E-state index contributed by atoms with van der Waals surface area (Å²) in [6.45, 7) is 2.79. The molecule has 0 spiro atoms. The molecule has 4 heteroatoms. The maximum absolute atomic E-state index is 5.44. The SMILES string of the molecule is Cc1cc(CNN)c2nc(C3=CCCC3)sc2c1. The molecule has 0 fully saturated rings. The fourth-order valence-electron chi connectivity index (χ4n) is 2.50. The van der Waals surface area contributed by atoms with Crippen LogP contribution in [0, 0.1) is 6.92 Å². The lowest BCUT2D eigenvalue weighted by atomic mass is 10.1. The highest BCUT2D eigenvalue weighted by atomic mass is 32.1. The van der Waals surface area contributed by atoms with Crippen LogP contribution in [0.4, 0.5) is 0 Å². The molecule has 0 saturated carbocycles. The van der Waals surface area contributed by atoms with Gasteiger partial charge in [-0.2, -0.15) is 0 Å². The van der Waals surface area contributed by atoms with Crippen molar-refractivity contribution in [1.29, 1.82) is 0 Å². The van der Waals surface area contributed by atoms with Crippen molar-refractivity contribution in [3.63, 3.8) is 0 Å². The molecule has 1 heterocycles. The first-order chi connectivity index (χ1) is 8.78. The van der Waals surface area contributed by atoms with Gasteiger partial charge in [0, 0.05) is 6.54 Å². The van der Waals surface area contributed by atoms with Crippen molar-refractivity contribution in [2.24, 2.45) is 5.84 Å². The zero-order valence-electron chi connectivity index (χ0n) is 10.5. The Morgan fingerprint density at radius 3 is 3.06 bits per heavy atom. The molecule has 18 heavy (non-hydrogen) atoms. The molecule has 1 aromatic carbocycles. The van der Waals surface area contributed by atoms with Crippen LogP contribution in [0.15, 0.2) is 18.2 Å². The van der Waals surface area contributed by atoms with Crippen LogP contribution in [0.2, 0.25) is 0 Å². The molecule has 0 atom stereocenters. The first-order valence-corrected chi connectivity index (χ1v) is 7.12. The molecule has 0 bridgehead atoms. The van der Waals surface area contributed by atoms with E-state index in [1.807, 2.05) is 0 Å². The highest BCUT2D eigenvalue weighted by Gasteiger charge is 2.14. The third-order valence-electron chi connectivity index (χ3n) is 3.33. The van der Waals surface area contributed by atoms with Crippen molar-refractivity contribution in [1.82, 2.24) is 10.4 Å². The number of fused-ring (bicyclic) bond motifs is 1. The van der Waals surface area contributed by atoms with Gasteiger partial charge in [0.1, 0.15) is 5.01 Å². The second kappa shape index (κ2) is 4.80. The van der Waals surface area contributed by atoms with Crippen LogP contribution in [0.5, 0.6) is 0 Å². The number of hydrogen-bond acceptors (Lipinski definition) is 4. The van der Waals surface area contributed by atoms with E-state index in [4.69, 9.17) is 10.8 Å². The number of hydrazine groups is 1. The van der Waals surface area contributed by atoms with E-state index in [-0.39, 0.29) is 0 Å². The topological polar surface area (TPSA) is 50.9 Å². The van der Waals surface area contributed by atoms with Crippen LogP contribution in [0.3, 0.4) is 0 Å². The van der Waals surface area contributed by atoms with Gasteiger partial charge in [0.05, 0.1) is 10.2 Å². The summed E-state index contributed by atoms with van der Waals surface area (Å²) < 4.78 is 1.27. The summed E-state index contributed by atoms with van der Waals surface area (Å²) in [5, 5.41) is 1.19. The summed E-state index contributed by atoms with van der Waals surface area (Å²) in [5.41, 5.74) is 7.71. The molecule has 3 N–H and O–H groups in total. The van der Waals surface area contributed by atoms with Gasteiger partial charge < -0.3 is 0 Å². The molecule has 0 radical (unpaired) electrons.